The molecule has 0 unspecified atom stereocenters. The molecular formula is C20H31N3O2. The molecule has 138 valence electrons. The van der Waals surface area contributed by atoms with Crippen LogP contribution in [0.15, 0.2) is 24.3 Å². The van der Waals surface area contributed by atoms with Crippen molar-refractivity contribution in [1.82, 2.24) is 10.2 Å². The van der Waals surface area contributed by atoms with E-state index in [4.69, 9.17) is 4.74 Å². The average molecular weight is 345 g/mol. The summed E-state index contributed by atoms with van der Waals surface area (Å²) in [6, 6.07) is 8.57. The molecule has 2 fully saturated rings. The summed E-state index contributed by atoms with van der Waals surface area (Å²) in [5.41, 5.74) is 1.16. The lowest BCUT2D eigenvalue weighted by Crippen LogP contribution is -2.54. The highest BCUT2D eigenvalue weighted by molar-refractivity contribution is 5.81. The Morgan fingerprint density at radius 1 is 1.20 bits per heavy atom. The Labute approximate surface area is 151 Å². The third kappa shape index (κ3) is 4.46. The number of piperazine rings is 1. The minimum absolute atomic E-state index is 0.0510. The highest BCUT2D eigenvalue weighted by atomic mass is 16.5. The van der Waals surface area contributed by atoms with Gasteiger partial charge in [0, 0.05) is 32.2 Å². The van der Waals surface area contributed by atoms with Crippen LogP contribution in [0.25, 0.3) is 0 Å². The molecule has 1 saturated carbocycles. The summed E-state index contributed by atoms with van der Waals surface area (Å²) < 4.78 is 5.76. The van der Waals surface area contributed by atoms with Crippen LogP contribution in [0.3, 0.4) is 0 Å². The van der Waals surface area contributed by atoms with E-state index in [1.807, 2.05) is 26.0 Å². The van der Waals surface area contributed by atoms with Crippen molar-refractivity contribution in [1.29, 1.82) is 0 Å². The first-order valence-corrected chi connectivity index (χ1v) is 9.70. The molecule has 3 rings (SSSR count). The summed E-state index contributed by atoms with van der Waals surface area (Å²) in [4.78, 5) is 17.2. The van der Waals surface area contributed by atoms with Crippen LogP contribution < -0.4 is 15.0 Å². The van der Waals surface area contributed by atoms with E-state index in [2.05, 4.69) is 27.2 Å². The molecule has 0 aromatic heterocycles. The maximum Gasteiger partial charge on any atom is 0.237 e. The molecule has 5 nitrogen and oxygen atoms in total. The van der Waals surface area contributed by atoms with Crippen molar-refractivity contribution in [3.63, 3.8) is 0 Å². The van der Waals surface area contributed by atoms with Gasteiger partial charge in [-0.3, -0.25) is 9.69 Å². The fourth-order valence-corrected chi connectivity index (χ4v) is 3.90. The Balaban J connectivity index is 1.53. The predicted octanol–water partition coefficient (Wildman–Crippen LogP) is 2.65. The number of hydrogen-bond donors (Lipinski definition) is 1. The SMILES string of the molecule is CCOc1ccccc1N1CCN([C@@H](C)C(=O)NC2CCCC2)CC1. The molecule has 0 radical (unpaired) electrons. The number of benzene rings is 1. The van der Waals surface area contributed by atoms with Crippen LogP contribution in [0, 0.1) is 0 Å². The standard InChI is InChI=1S/C20H31N3O2/c1-3-25-19-11-7-6-10-18(19)23-14-12-22(13-15-23)16(2)20(24)21-17-8-4-5-9-17/h6-7,10-11,16-17H,3-5,8-9,12-15H2,1-2H3,(H,21,24)/t16-/m0/s1. The summed E-state index contributed by atoms with van der Waals surface area (Å²) in [6.45, 7) is 8.37. The van der Waals surface area contributed by atoms with Crippen LogP contribution in [0.5, 0.6) is 5.75 Å². The molecule has 1 aromatic rings. The summed E-state index contributed by atoms with van der Waals surface area (Å²) in [5.74, 6) is 1.14. The van der Waals surface area contributed by atoms with Crippen LogP contribution in [0.2, 0.25) is 0 Å². The van der Waals surface area contributed by atoms with E-state index < -0.39 is 0 Å². The van der Waals surface area contributed by atoms with Crippen molar-refractivity contribution in [3.05, 3.63) is 24.3 Å². The van der Waals surface area contributed by atoms with E-state index in [0.717, 1.165) is 50.5 Å². The molecule has 25 heavy (non-hydrogen) atoms. The zero-order valence-corrected chi connectivity index (χ0v) is 15.5. The molecule has 1 atom stereocenters. The fraction of sp³-hybridized carbons (Fsp3) is 0.650. The van der Waals surface area contributed by atoms with Crippen molar-refractivity contribution < 1.29 is 9.53 Å². The second kappa shape index (κ2) is 8.56. The summed E-state index contributed by atoms with van der Waals surface area (Å²) in [7, 11) is 0. The van der Waals surface area contributed by atoms with E-state index in [1.54, 1.807) is 0 Å². The van der Waals surface area contributed by atoms with Gasteiger partial charge in [0.15, 0.2) is 0 Å². The maximum absolute atomic E-state index is 12.5. The molecule has 1 saturated heterocycles. The van der Waals surface area contributed by atoms with E-state index in [1.165, 1.54) is 12.8 Å². The number of para-hydroxylation sites is 2. The maximum atomic E-state index is 12.5. The van der Waals surface area contributed by atoms with Crippen LogP contribution in [0.4, 0.5) is 5.69 Å². The van der Waals surface area contributed by atoms with Gasteiger partial charge in [-0.1, -0.05) is 25.0 Å². The Morgan fingerprint density at radius 2 is 1.88 bits per heavy atom. The van der Waals surface area contributed by atoms with Gasteiger partial charge in [-0.25, -0.2) is 0 Å². The lowest BCUT2D eigenvalue weighted by molar-refractivity contribution is -0.126. The Morgan fingerprint density at radius 3 is 2.56 bits per heavy atom. The zero-order chi connectivity index (χ0) is 17.6. The van der Waals surface area contributed by atoms with Gasteiger partial charge in [0.05, 0.1) is 18.3 Å². The summed E-state index contributed by atoms with van der Waals surface area (Å²) in [5, 5.41) is 3.23. The summed E-state index contributed by atoms with van der Waals surface area (Å²) >= 11 is 0. The number of nitrogens with zero attached hydrogens (tertiary/aromatic N) is 2. The Bertz CT molecular complexity index is 564. The second-order valence-electron chi connectivity index (χ2n) is 7.09. The zero-order valence-electron chi connectivity index (χ0n) is 15.5. The van der Waals surface area contributed by atoms with Crippen LogP contribution >= 0.6 is 0 Å². The molecule has 1 N–H and O–H groups in total. The second-order valence-corrected chi connectivity index (χ2v) is 7.09. The molecule has 5 heteroatoms. The van der Waals surface area contributed by atoms with Gasteiger partial charge in [0.1, 0.15) is 5.75 Å². The molecule has 2 aliphatic rings. The molecule has 1 amide bonds. The number of anilines is 1. The van der Waals surface area contributed by atoms with Gasteiger partial charge in [0.25, 0.3) is 0 Å². The number of ether oxygens (including phenoxy) is 1. The van der Waals surface area contributed by atoms with E-state index >= 15 is 0 Å². The fourth-order valence-electron chi connectivity index (χ4n) is 3.90. The minimum Gasteiger partial charge on any atom is -0.492 e. The lowest BCUT2D eigenvalue weighted by atomic mass is 10.1. The quantitative estimate of drug-likeness (QED) is 0.861. The monoisotopic (exact) mass is 345 g/mol. The molecule has 1 heterocycles. The van der Waals surface area contributed by atoms with Gasteiger partial charge in [-0.2, -0.15) is 0 Å². The van der Waals surface area contributed by atoms with Gasteiger partial charge in [0.2, 0.25) is 5.91 Å². The number of carbonyl (C=O) groups excluding carboxylic acids is 1. The van der Waals surface area contributed by atoms with Crippen molar-refractivity contribution in [2.24, 2.45) is 0 Å². The first-order valence-electron chi connectivity index (χ1n) is 9.70. The smallest absolute Gasteiger partial charge is 0.237 e. The van der Waals surface area contributed by atoms with Crippen molar-refractivity contribution in [2.75, 3.05) is 37.7 Å². The molecule has 1 aliphatic heterocycles. The van der Waals surface area contributed by atoms with E-state index in [0.29, 0.717) is 12.6 Å². The van der Waals surface area contributed by atoms with Crippen LogP contribution in [-0.2, 0) is 4.79 Å². The van der Waals surface area contributed by atoms with Gasteiger partial charge < -0.3 is 15.0 Å². The third-order valence-corrected chi connectivity index (χ3v) is 5.45. The van der Waals surface area contributed by atoms with Crippen molar-refractivity contribution in [3.8, 4) is 5.75 Å². The third-order valence-electron chi connectivity index (χ3n) is 5.45. The summed E-state index contributed by atoms with van der Waals surface area (Å²) in [6.07, 6.45) is 4.77. The highest BCUT2D eigenvalue weighted by Gasteiger charge is 2.28. The van der Waals surface area contributed by atoms with Crippen LogP contribution in [0.1, 0.15) is 39.5 Å². The number of hydrogen-bond acceptors (Lipinski definition) is 4. The number of rotatable bonds is 6. The van der Waals surface area contributed by atoms with E-state index in [-0.39, 0.29) is 11.9 Å². The number of amides is 1. The first-order chi connectivity index (χ1) is 12.2. The minimum atomic E-state index is -0.0510. The molecule has 1 aliphatic carbocycles. The van der Waals surface area contributed by atoms with Gasteiger partial charge in [-0.15, -0.1) is 0 Å². The first kappa shape index (κ1) is 18.1. The number of nitrogens with one attached hydrogen (secondary N) is 1. The Kier molecular flexibility index (Phi) is 6.19. The van der Waals surface area contributed by atoms with Crippen molar-refractivity contribution >= 4 is 11.6 Å². The van der Waals surface area contributed by atoms with Crippen molar-refractivity contribution in [2.45, 2.75) is 51.6 Å². The highest BCUT2D eigenvalue weighted by Crippen LogP contribution is 2.29. The van der Waals surface area contributed by atoms with Gasteiger partial charge >= 0.3 is 0 Å². The molecule has 0 spiro atoms. The molecule has 1 aromatic carbocycles. The normalized spacial score (nSPS) is 20.5. The van der Waals surface area contributed by atoms with Crippen LogP contribution in [-0.4, -0.2) is 55.7 Å². The lowest BCUT2D eigenvalue weighted by Gasteiger charge is -2.39. The Hall–Kier alpha value is -1.75. The average Bonchev–Trinajstić information content (AvgIpc) is 3.15. The van der Waals surface area contributed by atoms with Gasteiger partial charge in [-0.05, 0) is 38.8 Å². The largest absolute Gasteiger partial charge is 0.492 e. The predicted molar refractivity (Wildman–Crippen MR) is 101 cm³/mol. The topological polar surface area (TPSA) is 44.8 Å². The number of carbonyl (C=O) groups is 1. The molecular weight excluding hydrogens is 314 g/mol. The van der Waals surface area contributed by atoms with E-state index in [9.17, 15) is 4.79 Å². The molecule has 0 bridgehead atoms.